The zero-order valence-corrected chi connectivity index (χ0v) is 19.8. The Balaban J connectivity index is 1.75. The molecule has 4 aromatic rings. The van der Waals surface area contributed by atoms with E-state index in [0.717, 1.165) is 10.9 Å². The molecule has 0 aliphatic rings. The molecule has 1 atom stereocenters. The van der Waals surface area contributed by atoms with Gasteiger partial charge in [-0.25, -0.2) is 4.98 Å². The predicted octanol–water partition coefficient (Wildman–Crippen LogP) is 4.98. The van der Waals surface area contributed by atoms with Gasteiger partial charge in [-0.1, -0.05) is 30.3 Å². The molecule has 0 bridgehead atoms. The molecule has 1 amide bonds. The fourth-order valence-corrected chi connectivity index (χ4v) is 3.98. The van der Waals surface area contributed by atoms with Crippen molar-refractivity contribution >= 4 is 32.8 Å². The quantitative estimate of drug-likeness (QED) is 0.359. The van der Waals surface area contributed by atoms with Crippen LogP contribution in [0.15, 0.2) is 75.6 Å². The summed E-state index contributed by atoms with van der Waals surface area (Å²) in [6.07, 6.45) is 0. The van der Waals surface area contributed by atoms with Gasteiger partial charge in [-0.05, 0) is 57.9 Å². The van der Waals surface area contributed by atoms with Crippen molar-refractivity contribution in [2.75, 3.05) is 20.8 Å². The maximum atomic E-state index is 13.7. The average Bonchev–Trinajstić information content (AvgIpc) is 3.28. The summed E-state index contributed by atoms with van der Waals surface area (Å²) < 4.78 is 17.1. The second-order valence-corrected chi connectivity index (χ2v) is 8.21. The molecule has 0 saturated heterocycles. The number of carbonyl (C=O) groups is 1. The number of fused-ring (bicyclic) bond motifs is 1. The highest BCUT2D eigenvalue weighted by molar-refractivity contribution is 9.10. The zero-order valence-electron chi connectivity index (χ0n) is 18.2. The molecule has 33 heavy (non-hydrogen) atoms. The van der Waals surface area contributed by atoms with Crippen LogP contribution >= 0.6 is 15.9 Å². The maximum absolute atomic E-state index is 13.7. The van der Waals surface area contributed by atoms with Crippen molar-refractivity contribution in [3.05, 3.63) is 88.2 Å². The van der Waals surface area contributed by atoms with Crippen LogP contribution in [0.25, 0.3) is 11.0 Å². The Morgan fingerprint density at radius 2 is 1.85 bits per heavy atom. The van der Waals surface area contributed by atoms with Crippen molar-refractivity contribution in [1.29, 1.82) is 0 Å². The third kappa shape index (κ3) is 4.86. The Hall–Kier alpha value is -3.36. The molecule has 1 unspecified atom stereocenters. The average molecular weight is 511 g/mol. The highest BCUT2D eigenvalue weighted by Gasteiger charge is 2.30. The van der Waals surface area contributed by atoms with Gasteiger partial charge in [0.1, 0.15) is 28.8 Å². The molecule has 4 rings (SSSR count). The van der Waals surface area contributed by atoms with Gasteiger partial charge in [-0.3, -0.25) is 4.79 Å². The number of aliphatic hydroxyl groups excluding tert-OH is 1. The standard InChI is InChI=1S/C25H23BrN2O5/c1-31-18-9-7-16(8-10-18)14-28(25(30)20-12-11-19(26)24(27-20)32-2)21(15-29)23-13-17-5-3-4-6-22(17)33-23/h3-13,21,29H,14-15H2,1-2H3. The molecule has 2 heterocycles. The Morgan fingerprint density at radius 1 is 1.09 bits per heavy atom. The van der Waals surface area contributed by atoms with Crippen LogP contribution in [0.3, 0.4) is 0 Å². The number of para-hydroxylation sites is 1. The van der Waals surface area contributed by atoms with Crippen LogP contribution < -0.4 is 9.47 Å². The summed E-state index contributed by atoms with van der Waals surface area (Å²) in [5.41, 5.74) is 1.74. The molecule has 2 aromatic heterocycles. The summed E-state index contributed by atoms with van der Waals surface area (Å²) in [4.78, 5) is 19.5. The van der Waals surface area contributed by atoms with Gasteiger partial charge in [0.25, 0.3) is 5.91 Å². The highest BCUT2D eigenvalue weighted by Crippen LogP contribution is 2.31. The van der Waals surface area contributed by atoms with Crippen LogP contribution in [0, 0.1) is 0 Å². The number of methoxy groups -OCH3 is 2. The van der Waals surface area contributed by atoms with E-state index in [1.54, 1.807) is 24.1 Å². The number of halogens is 1. The lowest BCUT2D eigenvalue weighted by Crippen LogP contribution is -2.36. The number of aliphatic hydroxyl groups is 1. The van der Waals surface area contributed by atoms with Crippen LogP contribution in [0.4, 0.5) is 0 Å². The molecule has 0 saturated carbocycles. The minimum absolute atomic E-state index is 0.193. The Morgan fingerprint density at radius 3 is 2.52 bits per heavy atom. The van der Waals surface area contributed by atoms with Crippen molar-refractivity contribution in [2.24, 2.45) is 0 Å². The number of carbonyl (C=O) groups excluding carboxylic acids is 1. The van der Waals surface area contributed by atoms with Crippen molar-refractivity contribution in [3.8, 4) is 11.6 Å². The summed E-state index contributed by atoms with van der Waals surface area (Å²) in [6, 6.07) is 19.4. The van der Waals surface area contributed by atoms with Gasteiger partial charge >= 0.3 is 0 Å². The lowest BCUT2D eigenvalue weighted by Gasteiger charge is -2.29. The van der Waals surface area contributed by atoms with Crippen molar-refractivity contribution < 1.29 is 23.8 Å². The zero-order chi connectivity index (χ0) is 23.4. The van der Waals surface area contributed by atoms with E-state index in [0.29, 0.717) is 27.4 Å². The van der Waals surface area contributed by atoms with E-state index < -0.39 is 6.04 Å². The largest absolute Gasteiger partial charge is 0.497 e. The van der Waals surface area contributed by atoms with Crippen LogP contribution in [0.5, 0.6) is 11.6 Å². The van der Waals surface area contributed by atoms with Gasteiger partial charge in [0.2, 0.25) is 5.88 Å². The fourth-order valence-electron chi connectivity index (χ4n) is 3.59. The van der Waals surface area contributed by atoms with E-state index in [4.69, 9.17) is 13.9 Å². The monoisotopic (exact) mass is 510 g/mol. The molecule has 170 valence electrons. The summed E-state index contributed by atoms with van der Waals surface area (Å²) in [5.74, 6) is 1.14. The third-order valence-corrected chi connectivity index (χ3v) is 5.92. The second-order valence-electron chi connectivity index (χ2n) is 7.35. The molecular formula is C25H23BrN2O5. The number of ether oxygens (including phenoxy) is 2. The van der Waals surface area contributed by atoms with Crippen molar-refractivity contribution in [2.45, 2.75) is 12.6 Å². The molecule has 8 heteroatoms. The topological polar surface area (TPSA) is 85.0 Å². The molecule has 0 spiro atoms. The molecule has 7 nitrogen and oxygen atoms in total. The van der Waals surface area contributed by atoms with Crippen LogP contribution in [0.1, 0.15) is 27.9 Å². The lowest BCUT2D eigenvalue weighted by atomic mass is 10.1. The molecular weight excluding hydrogens is 488 g/mol. The van der Waals surface area contributed by atoms with E-state index in [1.165, 1.54) is 7.11 Å². The van der Waals surface area contributed by atoms with Gasteiger partial charge in [0, 0.05) is 11.9 Å². The number of nitrogens with zero attached hydrogens (tertiary/aromatic N) is 2. The normalized spacial score (nSPS) is 11.9. The predicted molar refractivity (Wildman–Crippen MR) is 127 cm³/mol. The van der Waals surface area contributed by atoms with Gasteiger partial charge < -0.3 is 23.9 Å². The summed E-state index contributed by atoms with van der Waals surface area (Å²) in [6.45, 7) is -0.0967. The minimum atomic E-state index is -0.719. The lowest BCUT2D eigenvalue weighted by molar-refractivity contribution is 0.0525. The molecule has 0 radical (unpaired) electrons. The van der Waals surface area contributed by atoms with E-state index >= 15 is 0 Å². The number of benzene rings is 2. The van der Waals surface area contributed by atoms with E-state index in [1.807, 2.05) is 54.6 Å². The summed E-state index contributed by atoms with van der Waals surface area (Å²) in [5, 5.41) is 11.2. The maximum Gasteiger partial charge on any atom is 0.273 e. The van der Waals surface area contributed by atoms with Gasteiger partial charge in [-0.15, -0.1) is 0 Å². The number of amides is 1. The van der Waals surface area contributed by atoms with E-state index in [-0.39, 0.29) is 24.8 Å². The van der Waals surface area contributed by atoms with Gasteiger partial charge in [-0.2, -0.15) is 0 Å². The van der Waals surface area contributed by atoms with Gasteiger partial charge in [0.05, 0.1) is 25.3 Å². The van der Waals surface area contributed by atoms with Crippen LogP contribution in [0.2, 0.25) is 0 Å². The van der Waals surface area contributed by atoms with E-state index in [2.05, 4.69) is 20.9 Å². The molecule has 0 fully saturated rings. The fraction of sp³-hybridized carbons (Fsp3) is 0.200. The smallest absolute Gasteiger partial charge is 0.273 e. The Labute approximate surface area is 199 Å². The van der Waals surface area contributed by atoms with E-state index in [9.17, 15) is 9.90 Å². The number of furan rings is 1. The molecule has 0 aliphatic carbocycles. The first-order valence-corrected chi connectivity index (χ1v) is 11.1. The summed E-state index contributed by atoms with van der Waals surface area (Å²) in [7, 11) is 3.09. The van der Waals surface area contributed by atoms with Crippen molar-refractivity contribution in [1.82, 2.24) is 9.88 Å². The highest BCUT2D eigenvalue weighted by atomic mass is 79.9. The SMILES string of the molecule is COc1ccc(CN(C(=O)c2ccc(Br)c(OC)n2)C(CO)c2cc3ccccc3o2)cc1. The van der Waals surface area contributed by atoms with Crippen LogP contribution in [-0.4, -0.2) is 41.7 Å². The number of aromatic nitrogens is 1. The number of hydrogen-bond donors (Lipinski definition) is 1. The van der Waals surface area contributed by atoms with Crippen molar-refractivity contribution in [3.63, 3.8) is 0 Å². The van der Waals surface area contributed by atoms with Gasteiger partial charge in [0.15, 0.2) is 0 Å². The number of rotatable bonds is 8. The number of pyridine rings is 1. The Bertz CT molecular complexity index is 1220. The first-order valence-electron chi connectivity index (χ1n) is 10.3. The first kappa shape index (κ1) is 22.8. The number of hydrogen-bond acceptors (Lipinski definition) is 6. The Kier molecular flexibility index (Phi) is 6.96. The first-order chi connectivity index (χ1) is 16.0. The molecule has 2 aromatic carbocycles. The molecule has 1 N–H and O–H groups in total. The second kappa shape index (κ2) is 10.1. The molecule has 0 aliphatic heterocycles. The third-order valence-electron chi connectivity index (χ3n) is 5.32. The minimum Gasteiger partial charge on any atom is -0.497 e. The summed E-state index contributed by atoms with van der Waals surface area (Å²) >= 11 is 3.36. The van der Waals surface area contributed by atoms with Crippen LogP contribution in [-0.2, 0) is 6.54 Å².